The lowest BCUT2D eigenvalue weighted by atomic mass is 9.97. The van der Waals surface area contributed by atoms with Crippen LogP contribution in [0, 0.1) is 5.92 Å². The van der Waals surface area contributed by atoms with E-state index in [9.17, 15) is 14.4 Å². The first kappa shape index (κ1) is 27.1. The summed E-state index contributed by atoms with van der Waals surface area (Å²) in [7, 11) is 1.73. The maximum atomic E-state index is 13.3. The molecule has 1 heterocycles. The summed E-state index contributed by atoms with van der Waals surface area (Å²) in [6, 6.07) is -0.774. The number of esters is 1. The van der Waals surface area contributed by atoms with E-state index >= 15 is 0 Å². The van der Waals surface area contributed by atoms with E-state index in [0.29, 0.717) is 18.6 Å². The van der Waals surface area contributed by atoms with Gasteiger partial charge in [0.25, 0.3) is 0 Å². The summed E-state index contributed by atoms with van der Waals surface area (Å²) in [4.78, 5) is 42.3. The lowest BCUT2D eigenvalue weighted by Gasteiger charge is -2.39. The third kappa shape index (κ3) is 7.63. The van der Waals surface area contributed by atoms with Crippen molar-refractivity contribution in [3.05, 3.63) is 11.6 Å². The van der Waals surface area contributed by atoms with Crippen molar-refractivity contribution in [1.82, 2.24) is 15.1 Å². The highest BCUT2D eigenvalue weighted by atomic mass is 16.5. The zero-order valence-corrected chi connectivity index (χ0v) is 20.7. The van der Waals surface area contributed by atoms with Gasteiger partial charge in [0.2, 0.25) is 11.8 Å². The zero-order chi connectivity index (χ0) is 23.7. The summed E-state index contributed by atoms with van der Waals surface area (Å²) in [5, 5.41) is 3.04. The largest absolute Gasteiger partial charge is 0.463 e. The van der Waals surface area contributed by atoms with Gasteiger partial charge >= 0.3 is 5.97 Å². The summed E-state index contributed by atoms with van der Waals surface area (Å²) in [6.45, 7) is 14.7. The maximum absolute atomic E-state index is 13.3. The van der Waals surface area contributed by atoms with Gasteiger partial charge in [0.05, 0.1) is 18.7 Å². The van der Waals surface area contributed by atoms with Gasteiger partial charge in [-0.3, -0.25) is 14.5 Å². The second kappa shape index (κ2) is 12.8. The van der Waals surface area contributed by atoms with Gasteiger partial charge in [0.1, 0.15) is 6.04 Å². The van der Waals surface area contributed by atoms with Gasteiger partial charge in [-0.05, 0) is 59.4 Å². The Bertz CT molecular complexity index is 645. The van der Waals surface area contributed by atoms with E-state index in [1.54, 1.807) is 31.9 Å². The average Bonchev–Trinajstić information content (AvgIpc) is 2.74. The Morgan fingerprint density at radius 2 is 1.81 bits per heavy atom. The Labute approximate surface area is 188 Å². The number of likely N-dealkylation sites (N-methyl/N-ethyl adjacent to an activating group) is 1. The lowest BCUT2D eigenvalue weighted by Crippen LogP contribution is -2.58. The van der Waals surface area contributed by atoms with Crippen molar-refractivity contribution in [3.63, 3.8) is 0 Å². The van der Waals surface area contributed by atoms with E-state index < -0.39 is 6.04 Å². The Morgan fingerprint density at radius 3 is 2.32 bits per heavy atom. The molecular weight excluding hydrogens is 394 g/mol. The molecule has 1 aliphatic rings. The van der Waals surface area contributed by atoms with Crippen LogP contribution in [0.5, 0.6) is 0 Å². The van der Waals surface area contributed by atoms with Crippen LogP contribution in [-0.2, 0) is 19.1 Å². The van der Waals surface area contributed by atoms with Crippen molar-refractivity contribution in [2.24, 2.45) is 5.92 Å². The molecule has 0 aliphatic carbocycles. The van der Waals surface area contributed by atoms with Crippen LogP contribution >= 0.6 is 0 Å². The number of nitrogens with zero attached hydrogens (tertiary/aromatic N) is 2. The SMILES string of the molecule is CCOC(=O)/C(C)=C/C(CC)N(C)C(=O)C(NC(=O)C1CCCCN1C(C)C)C(C)C. The summed E-state index contributed by atoms with van der Waals surface area (Å²) < 4.78 is 5.05. The number of likely N-dealkylation sites (tertiary alicyclic amines) is 1. The van der Waals surface area contributed by atoms with Gasteiger partial charge < -0.3 is 15.0 Å². The molecule has 0 radical (unpaired) electrons. The molecule has 0 spiro atoms. The topological polar surface area (TPSA) is 79.0 Å². The molecular formula is C24H43N3O4. The predicted molar refractivity (Wildman–Crippen MR) is 123 cm³/mol. The molecule has 2 amide bonds. The smallest absolute Gasteiger partial charge is 0.333 e. The standard InChI is InChI=1S/C24H43N3O4/c1-9-19(15-18(7)24(30)31-10-2)26(8)23(29)21(16(3)4)25-22(28)20-13-11-12-14-27(20)17(5)6/h15-17,19-21H,9-14H2,1-8H3,(H,25,28)/b18-15+. The van der Waals surface area contributed by atoms with Crippen LogP contribution in [0.2, 0.25) is 0 Å². The second-order valence-electron chi connectivity index (χ2n) is 9.07. The molecule has 1 fully saturated rings. The number of carbonyl (C=O) groups excluding carboxylic acids is 3. The monoisotopic (exact) mass is 437 g/mol. The first-order chi connectivity index (χ1) is 14.5. The van der Waals surface area contributed by atoms with Gasteiger partial charge in [-0.25, -0.2) is 4.79 Å². The molecule has 1 rings (SSSR count). The number of amides is 2. The molecule has 31 heavy (non-hydrogen) atoms. The Kier molecular flexibility index (Phi) is 11.2. The van der Waals surface area contributed by atoms with E-state index in [2.05, 4.69) is 24.1 Å². The fourth-order valence-electron chi connectivity index (χ4n) is 4.10. The normalized spacial score (nSPS) is 19.8. The number of nitrogens with one attached hydrogen (secondary N) is 1. The molecule has 7 nitrogen and oxygen atoms in total. The van der Waals surface area contributed by atoms with E-state index in [1.807, 2.05) is 20.8 Å². The van der Waals surface area contributed by atoms with Crippen LogP contribution in [0.1, 0.15) is 74.1 Å². The van der Waals surface area contributed by atoms with Crippen LogP contribution in [0.25, 0.3) is 0 Å². The molecule has 1 N–H and O–H groups in total. The van der Waals surface area contributed by atoms with Crippen molar-refractivity contribution < 1.29 is 19.1 Å². The van der Waals surface area contributed by atoms with Gasteiger partial charge in [-0.2, -0.15) is 0 Å². The van der Waals surface area contributed by atoms with Crippen LogP contribution in [0.3, 0.4) is 0 Å². The van der Waals surface area contributed by atoms with Crippen LogP contribution in [0.4, 0.5) is 0 Å². The van der Waals surface area contributed by atoms with Crippen LogP contribution < -0.4 is 5.32 Å². The van der Waals surface area contributed by atoms with Gasteiger partial charge in [-0.15, -0.1) is 0 Å². The molecule has 0 bridgehead atoms. The highest BCUT2D eigenvalue weighted by molar-refractivity contribution is 5.91. The number of carbonyl (C=O) groups is 3. The van der Waals surface area contributed by atoms with Crippen molar-refractivity contribution in [1.29, 1.82) is 0 Å². The number of hydrogen-bond donors (Lipinski definition) is 1. The minimum atomic E-state index is -0.612. The summed E-state index contributed by atoms with van der Waals surface area (Å²) in [5.74, 6) is -0.639. The van der Waals surface area contributed by atoms with E-state index in [-0.39, 0.29) is 41.8 Å². The average molecular weight is 438 g/mol. The Morgan fingerprint density at radius 1 is 1.16 bits per heavy atom. The van der Waals surface area contributed by atoms with E-state index in [4.69, 9.17) is 4.74 Å². The molecule has 178 valence electrons. The fraction of sp³-hybridized carbons (Fsp3) is 0.792. The van der Waals surface area contributed by atoms with Crippen molar-refractivity contribution in [2.75, 3.05) is 20.2 Å². The minimum Gasteiger partial charge on any atom is -0.463 e. The summed E-state index contributed by atoms with van der Waals surface area (Å²) >= 11 is 0. The fourth-order valence-corrected chi connectivity index (χ4v) is 4.10. The van der Waals surface area contributed by atoms with E-state index in [0.717, 1.165) is 25.8 Å². The first-order valence-electron chi connectivity index (χ1n) is 11.7. The molecule has 0 aromatic heterocycles. The lowest BCUT2D eigenvalue weighted by molar-refractivity contribution is -0.140. The van der Waals surface area contributed by atoms with Crippen molar-refractivity contribution in [2.45, 2.75) is 98.3 Å². The molecule has 0 aromatic rings. The Balaban J connectivity index is 2.97. The molecule has 3 unspecified atom stereocenters. The van der Waals surface area contributed by atoms with Gasteiger partial charge in [0, 0.05) is 18.7 Å². The van der Waals surface area contributed by atoms with Gasteiger partial charge in [0.15, 0.2) is 0 Å². The number of piperidine rings is 1. The van der Waals surface area contributed by atoms with Crippen molar-refractivity contribution >= 4 is 17.8 Å². The number of hydrogen-bond acceptors (Lipinski definition) is 5. The first-order valence-corrected chi connectivity index (χ1v) is 11.7. The highest BCUT2D eigenvalue weighted by Gasteiger charge is 2.35. The third-order valence-corrected chi connectivity index (χ3v) is 6.04. The second-order valence-corrected chi connectivity index (χ2v) is 9.07. The number of rotatable bonds is 10. The van der Waals surface area contributed by atoms with Crippen LogP contribution in [-0.4, -0.2) is 72.0 Å². The summed E-state index contributed by atoms with van der Waals surface area (Å²) in [5.41, 5.74) is 0.480. The Hall–Kier alpha value is -1.89. The number of ether oxygens (including phenoxy) is 1. The van der Waals surface area contributed by atoms with Crippen LogP contribution in [0.15, 0.2) is 11.6 Å². The van der Waals surface area contributed by atoms with Crippen molar-refractivity contribution in [3.8, 4) is 0 Å². The van der Waals surface area contributed by atoms with Gasteiger partial charge in [-0.1, -0.05) is 33.3 Å². The molecule has 7 heteroatoms. The molecule has 3 atom stereocenters. The molecule has 0 aromatic carbocycles. The molecule has 1 aliphatic heterocycles. The minimum absolute atomic E-state index is 0.0531. The predicted octanol–water partition coefficient (Wildman–Crippen LogP) is 3.14. The summed E-state index contributed by atoms with van der Waals surface area (Å²) in [6.07, 6.45) is 5.37. The van der Waals surface area contributed by atoms with E-state index in [1.165, 1.54) is 0 Å². The highest BCUT2D eigenvalue weighted by Crippen LogP contribution is 2.21. The molecule has 1 saturated heterocycles. The quantitative estimate of drug-likeness (QED) is 0.420. The zero-order valence-electron chi connectivity index (χ0n) is 20.7. The molecule has 0 saturated carbocycles. The maximum Gasteiger partial charge on any atom is 0.333 e. The third-order valence-electron chi connectivity index (χ3n) is 6.04.